The van der Waals surface area contributed by atoms with Crippen LogP contribution in [0.15, 0.2) is 6.08 Å². The van der Waals surface area contributed by atoms with Gasteiger partial charge in [0.2, 0.25) is 0 Å². The molecular formula is C11H13NO2S. The quantitative estimate of drug-likeness (QED) is 0.723. The molecule has 2 rings (SSSR count). The van der Waals surface area contributed by atoms with Crippen LogP contribution in [-0.4, -0.2) is 24.0 Å². The molecule has 1 aliphatic rings. The molecular weight excluding hydrogens is 210 g/mol. The standard InChI is InChI=1S/C11H13NO2S/c1-7(13)10-11(15-8(2)12-10)9-3-5-14-6-4-9/h3H,4-6H2,1-2H3. The molecule has 0 amide bonds. The van der Waals surface area contributed by atoms with E-state index in [4.69, 9.17) is 4.74 Å². The Labute approximate surface area is 92.8 Å². The van der Waals surface area contributed by atoms with Gasteiger partial charge in [-0.2, -0.15) is 0 Å². The number of ketones is 1. The monoisotopic (exact) mass is 223 g/mol. The maximum Gasteiger partial charge on any atom is 0.179 e. The van der Waals surface area contributed by atoms with Crippen molar-refractivity contribution in [3.05, 3.63) is 21.7 Å². The lowest BCUT2D eigenvalue weighted by molar-refractivity contribution is 0.101. The van der Waals surface area contributed by atoms with E-state index in [2.05, 4.69) is 4.98 Å². The van der Waals surface area contributed by atoms with Gasteiger partial charge in [0.05, 0.1) is 23.1 Å². The van der Waals surface area contributed by atoms with Crippen LogP contribution in [0.25, 0.3) is 5.57 Å². The SMILES string of the molecule is CC(=O)c1nc(C)sc1C1=CCOCC1. The van der Waals surface area contributed by atoms with Crippen molar-refractivity contribution in [3.63, 3.8) is 0 Å². The smallest absolute Gasteiger partial charge is 0.179 e. The first-order chi connectivity index (χ1) is 7.18. The summed E-state index contributed by atoms with van der Waals surface area (Å²) >= 11 is 1.59. The second kappa shape index (κ2) is 4.24. The number of nitrogens with zero attached hydrogens (tertiary/aromatic N) is 1. The number of ether oxygens (including phenoxy) is 1. The van der Waals surface area contributed by atoms with Gasteiger partial charge in [-0.05, 0) is 18.9 Å². The van der Waals surface area contributed by atoms with Crippen molar-refractivity contribution in [3.8, 4) is 0 Å². The van der Waals surface area contributed by atoms with E-state index in [0.29, 0.717) is 12.3 Å². The van der Waals surface area contributed by atoms with E-state index in [1.165, 1.54) is 5.57 Å². The number of carbonyl (C=O) groups is 1. The molecule has 0 fully saturated rings. The van der Waals surface area contributed by atoms with Crippen molar-refractivity contribution < 1.29 is 9.53 Å². The lowest BCUT2D eigenvalue weighted by atomic mass is 10.1. The molecule has 3 nitrogen and oxygen atoms in total. The lowest BCUT2D eigenvalue weighted by Crippen LogP contribution is -2.05. The molecule has 80 valence electrons. The van der Waals surface area contributed by atoms with Gasteiger partial charge in [-0.15, -0.1) is 11.3 Å². The first-order valence-corrected chi connectivity index (χ1v) is 5.75. The highest BCUT2D eigenvalue weighted by Crippen LogP contribution is 2.30. The second-order valence-corrected chi connectivity index (χ2v) is 4.72. The molecule has 0 spiro atoms. The zero-order valence-corrected chi connectivity index (χ0v) is 9.69. The average Bonchev–Trinajstić information content (AvgIpc) is 2.62. The Hall–Kier alpha value is -1.00. The Morgan fingerprint density at radius 2 is 2.40 bits per heavy atom. The molecule has 0 radical (unpaired) electrons. The molecule has 1 aromatic rings. The van der Waals surface area contributed by atoms with Crippen LogP contribution >= 0.6 is 11.3 Å². The van der Waals surface area contributed by atoms with Crippen LogP contribution in [-0.2, 0) is 4.74 Å². The van der Waals surface area contributed by atoms with Crippen molar-refractivity contribution in [2.75, 3.05) is 13.2 Å². The van der Waals surface area contributed by atoms with Gasteiger partial charge in [0.1, 0.15) is 5.69 Å². The van der Waals surface area contributed by atoms with Gasteiger partial charge in [0, 0.05) is 6.92 Å². The minimum atomic E-state index is 0.0433. The molecule has 4 heteroatoms. The van der Waals surface area contributed by atoms with E-state index in [1.54, 1.807) is 18.3 Å². The van der Waals surface area contributed by atoms with Crippen LogP contribution in [0, 0.1) is 6.92 Å². The Morgan fingerprint density at radius 1 is 1.60 bits per heavy atom. The summed E-state index contributed by atoms with van der Waals surface area (Å²) in [6.45, 7) is 4.88. The number of rotatable bonds is 2. The third-order valence-electron chi connectivity index (χ3n) is 2.32. The number of hydrogen-bond donors (Lipinski definition) is 0. The van der Waals surface area contributed by atoms with E-state index in [0.717, 1.165) is 22.9 Å². The molecule has 1 aromatic heterocycles. The normalized spacial score (nSPS) is 16.3. The van der Waals surface area contributed by atoms with Crippen molar-refractivity contribution >= 4 is 22.7 Å². The summed E-state index contributed by atoms with van der Waals surface area (Å²) in [4.78, 5) is 16.7. The molecule has 1 aliphatic heterocycles. The molecule has 0 aromatic carbocycles. The zero-order chi connectivity index (χ0) is 10.8. The van der Waals surface area contributed by atoms with Gasteiger partial charge in [0.25, 0.3) is 0 Å². The fourth-order valence-electron chi connectivity index (χ4n) is 1.62. The van der Waals surface area contributed by atoms with Gasteiger partial charge in [-0.3, -0.25) is 4.79 Å². The first kappa shape index (κ1) is 10.5. The van der Waals surface area contributed by atoms with Gasteiger partial charge >= 0.3 is 0 Å². The summed E-state index contributed by atoms with van der Waals surface area (Å²) in [5.74, 6) is 0.0433. The van der Waals surface area contributed by atoms with E-state index in [1.807, 2.05) is 13.0 Å². The van der Waals surface area contributed by atoms with Crippen LogP contribution < -0.4 is 0 Å². The molecule has 2 heterocycles. The molecule has 0 aliphatic carbocycles. The van der Waals surface area contributed by atoms with Crippen LogP contribution in [0.3, 0.4) is 0 Å². The lowest BCUT2D eigenvalue weighted by Gasteiger charge is -2.12. The number of carbonyl (C=O) groups excluding carboxylic acids is 1. The largest absolute Gasteiger partial charge is 0.377 e. The van der Waals surface area contributed by atoms with Crippen LogP contribution in [0.1, 0.15) is 33.7 Å². The number of Topliss-reactive ketones (excluding diaryl/α,β-unsaturated/α-hetero) is 1. The Morgan fingerprint density at radius 3 is 3.00 bits per heavy atom. The number of thiazole rings is 1. The highest BCUT2D eigenvalue weighted by molar-refractivity contribution is 7.13. The number of aryl methyl sites for hydroxylation is 1. The van der Waals surface area contributed by atoms with Gasteiger partial charge in [-0.25, -0.2) is 4.98 Å². The minimum Gasteiger partial charge on any atom is -0.377 e. The fraction of sp³-hybridized carbons (Fsp3) is 0.455. The first-order valence-electron chi connectivity index (χ1n) is 4.94. The minimum absolute atomic E-state index is 0.0433. The van der Waals surface area contributed by atoms with Crippen LogP contribution in [0.4, 0.5) is 0 Å². The van der Waals surface area contributed by atoms with E-state index in [9.17, 15) is 4.79 Å². The third-order valence-corrected chi connectivity index (χ3v) is 3.37. The topological polar surface area (TPSA) is 39.2 Å². The van der Waals surface area contributed by atoms with Crippen LogP contribution in [0.5, 0.6) is 0 Å². The maximum absolute atomic E-state index is 11.4. The molecule has 0 saturated heterocycles. The highest BCUT2D eigenvalue weighted by atomic mass is 32.1. The molecule has 0 atom stereocenters. The summed E-state index contributed by atoms with van der Waals surface area (Å²) < 4.78 is 5.25. The molecule has 0 N–H and O–H groups in total. The predicted octanol–water partition coefficient (Wildman–Crippen LogP) is 2.46. The fourth-order valence-corrected chi connectivity index (χ4v) is 2.65. The molecule has 15 heavy (non-hydrogen) atoms. The summed E-state index contributed by atoms with van der Waals surface area (Å²) in [6.07, 6.45) is 2.92. The van der Waals surface area contributed by atoms with Crippen LogP contribution in [0.2, 0.25) is 0 Å². The highest BCUT2D eigenvalue weighted by Gasteiger charge is 2.17. The maximum atomic E-state index is 11.4. The summed E-state index contributed by atoms with van der Waals surface area (Å²) in [7, 11) is 0. The van der Waals surface area contributed by atoms with E-state index >= 15 is 0 Å². The van der Waals surface area contributed by atoms with Gasteiger partial charge in [0.15, 0.2) is 5.78 Å². The van der Waals surface area contributed by atoms with Crippen molar-refractivity contribution in [1.29, 1.82) is 0 Å². The summed E-state index contributed by atoms with van der Waals surface area (Å²) in [6, 6.07) is 0. The van der Waals surface area contributed by atoms with Crippen molar-refractivity contribution in [2.24, 2.45) is 0 Å². The summed E-state index contributed by atoms with van der Waals surface area (Å²) in [5.41, 5.74) is 1.82. The average molecular weight is 223 g/mol. The van der Waals surface area contributed by atoms with Gasteiger partial charge in [-0.1, -0.05) is 6.08 Å². The van der Waals surface area contributed by atoms with Crippen molar-refractivity contribution in [2.45, 2.75) is 20.3 Å². The Balaban J connectivity index is 2.42. The summed E-state index contributed by atoms with van der Waals surface area (Å²) in [5, 5.41) is 0.947. The molecule has 0 unspecified atom stereocenters. The number of hydrogen-bond acceptors (Lipinski definition) is 4. The van der Waals surface area contributed by atoms with E-state index in [-0.39, 0.29) is 5.78 Å². The zero-order valence-electron chi connectivity index (χ0n) is 8.87. The Kier molecular flexibility index (Phi) is 2.98. The van der Waals surface area contributed by atoms with E-state index < -0.39 is 0 Å². The number of aromatic nitrogens is 1. The van der Waals surface area contributed by atoms with Gasteiger partial charge < -0.3 is 4.74 Å². The molecule has 0 saturated carbocycles. The predicted molar refractivity (Wildman–Crippen MR) is 60.3 cm³/mol. The van der Waals surface area contributed by atoms with Crippen molar-refractivity contribution in [1.82, 2.24) is 4.98 Å². The second-order valence-electron chi connectivity index (χ2n) is 3.52. The third kappa shape index (κ3) is 2.16. The Bertz CT molecular complexity index is 420. The molecule has 0 bridgehead atoms.